The fourth-order valence-corrected chi connectivity index (χ4v) is 7.32. The van der Waals surface area contributed by atoms with Crippen LogP contribution in [0.2, 0.25) is 0 Å². The molecule has 1 aromatic rings. The van der Waals surface area contributed by atoms with Crippen LogP contribution in [0.1, 0.15) is 43.4 Å². The quantitative estimate of drug-likeness (QED) is 0.682. The molecule has 0 aromatic carbocycles. The third-order valence-corrected chi connectivity index (χ3v) is 8.25. The SMILES string of the molecule is O=C(COC(=O)CSCc1cccs1)NCC12CC3CC(CC(C3)C1)C2. The van der Waals surface area contributed by atoms with Gasteiger partial charge in [-0.05, 0) is 73.1 Å². The van der Waals surface area contributed by atoms with E-state index in [4.69, 9.17) is 4.74 Å². The highest BCUT2D eigenvalue weighted by Gasteiger charge is 2.50. The average Bonchev–Trinajstić information content (AvgIpc) is 3.10. The lowest BCUT2D eigenvalue weighted by Crippen LogP contribution is -2.51. The molecule has 6 heteroatoms. The minimum Gasteiger partial charge on any atom is -0.455 e. The molecule has 4 saturated carbocycles. The van der Waals surface area contributed by atoms with Gasteiger partial charge < -0.3 is 10.1 Å². The molecule has 4 nitrogen and oxygen atoms in total. The molecule has 5 rings (SSSR count). The molecule has 4 bridgehead atoms. The van der Waals surface area contributed by atoms with E-state index in [1.807, 2.05) is 11.4 Å². The first kappa shape index (κ1) is 18.4. The third kappa shape index (κ3) is 4.45. The van der Waals surface area contributed by atoms with Crippen LogP contribution in [0.15, 0.2) is 17.5 Å². The Bertz CT molecular complexity index is 608. The van der Waals surface area contributed by atoms with Gasteiger partial charge in [-0.15, -0.1) is 23.1 Å². The highest BCUT2D eigenvalue weighted by atomic mass is 32.2. The minimum atomic E-state index is -0.309. The van der Waals surface area contributed by atoms with Gasteiger partial charge in [0, 0.05) is 17.2 Å². The number of carbonyl (C=O) groups is 2. The number of rotatable bonds is 8. The molecule has 1 aromatic heterocycles. The Kier molecular flexibility index (Phi) is 5.60. The van der Waals surface area contributed by atoms with Gasteiger partial charge in [-0.2, -0.15) is 0 Å². The summed E-state index contributed by atoms with van der Waals surface area (Å²) in [5, 5.41) is 5.08. The van der Waals surface area contributed by atoms with Crippen molar-refractivity contribution in [3.8, 4) is 0 Å². The van der Waals surface area contributed by atoms with E-state index in [-0.39, 0.29) is 18.5 Å². The Balaban J connectivity index is 1.14. The molecule has 142 valence electrons. The molecule has 4 fully saturated rings. The van der Waals surface area contributed by atoms with Crippen LogP contribution >= 0.6 is 23.1 Å². The molecular weight excluding hydrogens is 366 g/mol. The first-order valence-corrected chi connectivity index (χ1v) is 11.7. The van der Waals surface area contributed by atoms with Crippen LogP contribution in [-0.2, 0) is 20.1 Å². The summed E-state index contributed by atoms with van der Waals surface area (Å²) in [5.41, 5.74) is 0.324. The first-order valence-electron chi connectivity index (χ1n) is 9.63. The van der Waals surface area contributed by atoms with Gasteiger partial charge in [-0.1, -0.05) is 6.07 Å². The average molecular weight is 394 g/mol. The molecule has 0 aliphatic heterocycles. The Morgan fingerprint density at radius 2 is 1.88 bits per heavy atom. The lowest BCUT2D eigenvalue weighted by Gasteiger charge is -2.56. The molecule has 1 heterocycles. The summed E-state index contributed by atoms with van der Waals surface area (Å²) in [6, 6.07) is 4.06. The van der Waals surface area contributed by atoms with E-state index in [0.717, 1.165) is 30.1 Å². The van der Waals surface area contributed by atoms with Crippen molar-refractivity contribution >= 4 is 35.0 Å². The van der Waals surface area contributed by atoms with Crippen molar-refractivity contribution in [2.75, 3.05) is 18.9 Å². The molecular formula is C20H27NO3S2. The zero-order valence-electron chi connectivity index (χ0n) is 15.1. The second-order valence-electron chi connectivity index (χ2n) is 8.43. The lowest BCUT2D eigenvalue weighted by atomic mass is 9.49. The fourth-order valence-electron chi connectivity index (χ4n) is 5.66. The zero-order valence-corrected chi connectivity index (χ0v) is 16.7. The number of hydrogen-bond donors (Lipinski definition) is 1. The predicted molar refractivity (Wildman–Crippen MR) is 105 cm³/mol. The Morgan fingerprint density at radius 3 is 2.50 bits per heavy atom. The van der Waals surface area contributed by atoms with Gasteiger partial charge in [-0.25, -0.2) is 0 Å². The standard InChI is InChI=1S/C20H27NO3S2/c22-18(10-24-19(23)12-25-11-17-2-1-3-26-17)21-13-20-7-14-4-15(8-20)6-16(5-14)9-20/h1-3,14-16H,4-13H2,(H,21,22). The van der Waals surface area contributed by atoms with Crippen molar-refractivity contribution < 1.29 is 14.3 Å². The van der Waals surface area contributed by atoms with E-state index < -0.39 is 0 Å². The normalized spacial score (nSPS) is 31.8. The molecule has 26 heavy (non-hydrogen) atoms. The summed E-state index contributed by atoms with van der Waals surface area (Å²) in [4.78, 5) is 25.1. The number of amides is 1. The highest BCUT2D eigenvalue weighted by molar-refractivity contribution is 7.99. The van der Waals surface area contributed by atoms with Crippen LogP contribution in [0.5, 0.6) is 0 Å². The molecule has 1 N–H and O–H groups in total. The van der Waals surface area contributed by atoms with Gasteiger partial charge in [-0.3, -0.25) is 9.59 Å². The molecule has 0 saturated heterocycles. The van der Waals surface area contributed by atoms with Crippen molar-refractivity contribution in [1.82, 2.24) is 5.32 Å². The molecule has 0 spiro atoms. The smallest absolute Gasteiger partial charge is 0.316 e. The van der Waals surface area contributed by atoms with Gasteiger partial charge in [0.2, 0.25) is 0 Å². The second-order valence-corrected chi connectivity index (χ2v) is 10.4. The van der Waals surface area contributed by atoms with E-state index in [1.54, 1.807) is 11.3 Å². The van der Waals surface area contributed by atoms with Crippen molar-refractivity contribution in [1.29, 1.82) is 0 Å². The first-order chi connectivity index (χ1) is 12.6. The van der Waals surface area contributed by atoms with E-state index in [2.05, 4.69) is 11.4 Å². The third-order valence-electron chi connectivity index (χ3n) is 6.23. The Morgan fingerprint density at radius 1 is 1.19 bits per heavy atom. The predicted octanol–water partition coefficient (Wildman–Crippen LogP) is 3.86. The van der Waals surface area contributed by atoms with E-state index in [1.165, 1.54) is 55.2 Å². The van der Waals surface area contributed by atoms with Gasteiger partial charge in [0.05, 0.1) is 5.75 Å². The topological polar surface area (TPSA) is 55.4 Å². The number of esters is 1. The Labute approximate surface area is 163 Å². The fraction of sp³-hybridized carbons (Fsp3) is 0.700. The summed E-state index contributed by atoms with van der Waals surface area (Å²) >= 11 is 3.21. The van der Waals surface area contributed by atoms with Crippen LogP contribution in [0, 0.1) is 23.2 Å². The van der Waals surface area contributed by atoms with Crippen molar-refractivity contribution in [2.45, 2.75) is 44.3 Å². The lowest BCUT2D eigenvalue weighted by molar-refractivity contribution is -0.146. The maximum atomic E-state index is 12.1. The van der Waals surface area contributed by atoms with Crippen LogP contribution in [-0.4, -0.2) is 30.8 Å². The van der Waals surface area contributed by atoms with Crippen LogP contribution < -0.4 is 5.32 Å². The maximum absolute atomic E-state index is 12.1. The van der Waals surface area contributed by atoms with E-state index in [0.29, 0.717) is 11.2 Å². The molecule has 4 aliphatic rings. The van der Waals surface area contributed by atoms with Crippen LogP contribution in [0.4, 0.5) is 0 Å². The summed E-state index contributed by atoms with van der Waals surface area (Å²) in [6.45, 7) is 0.616. The molecule has 1 amide bonds. The van der Waals surface area contributed by atoms with Gasteiger partial charge in [0.15, 0.2) is 6.61 Å². The van der Waals surface area contributed by atoms with E-state index in [9.17, 15) is 9.59 Å². The minimum absolute atomic E-state index is 0.148. The number of ether oxygens (including phenoxy) is 1. The Hall–Kier alpha value is -1.01. The molecule has 4 aliphatic carbocycles. The van der Waals surface area contributed by atoms with Crippen molar-refractivity contribution in [3.63, 3.8) is 0 Å². The van der Waals surface area contributed by atoms with Crippen LogP contribution in [0.3, 0.4) is 0 Å². The number of thioether (sulfide) groups is 1. The van der Waals surface area contributed by atoms with Gasteiger partial charge >= 0.3 is 5.97 Å². The number of nitrogens with one attached hydrogen (secondary N) is 1. The molecule has 0 unspecified atom stereocenters. The summed E-state index contributed by atoms with van der Waals surface area (Å²) < 4.78 is 5.13. The monoisotopic (exact) mass is 393 g/mol. The summed E-state index contributed by atoms with van der Waals surface area (Å²) in [5.74, 6) is 3.29. The zero-order chi connectivity index (χ0) is 18.0. The summed E-state index contributed by atoms with van der Waals surface area (Å²) in [7, 11) is 0. The number of hydrogen-bond acceptors (Lipinski definition) is 5. The van der Waals surface area contributed by atoms with Gasteiger partial charge in [0.25, 0.3) is 5.91 Å². The number of thiophene rings is 1. The number of carbonyl (C=O) groups excluding carboxylic acids is 2. The summed E-state index contributed by atoms with van der Waals surface area (Å²) in [6.07, 6.45) is 8.06. The van der Waals surface area contributed by atoms with Crippen LogP contribution in [0.25, 0.3) is 0 Å². The van der Waals surface area contributed by atoms with Gasteiger partial charge in [0.1, 0.15) is 0 Å². The van der Waals surface area contributed by atoms with Crippen molar-refractivity contribution in [3.05, 3.63) is 22.4 Å². The molecule has 0 radical (unpaired) electrons. The van der Waals surface area contributed by atoms with E-state index >= 15 is 0 Å². The molecule has 0 atom stereocenters. The highest BCUT2D eigenvalue weighted by Crippen LogP contribution is 2.59. The maximum Gasteiger partial charge on any atom is 0.316 e. The second kappa shape index (κ2) is 7.93. The largest absolute Gasteiger partial charge is 0.455 e. The van der Waals surface area contributed by atoms with Crippen molar-refractivity contribution in [2.24, 2.45) is 23.2 Å².